The second-order valence-corrected chi connectivity index (χ2v) is 5.64. The van der Waals surface area contributed by atoms with E-state index < -0.39 is 0 Å². The number of hydrogen-bond acceptors (Lipinski definition) is 1. The van der Waals surface area contributed by atoms with Crippen molar-refractivity contribution in [2.75, 3.05) is 19.6 Å². The fourth-order valence-corrected chi connectivity index (χ4v) is 3.48. The molecule has 0 spiro atoms. The fourth-order valence-electron chi connectivity index (χ4n) is 3.48. The minimum atomic E-state index is 0.807. The second-order valence-electron chi connectivity index (χ2n) is 5.64. The van der Waals surface area contributed by atoms with Crippen molar-refractivity contribution < 1.29 is 0 Å². The molecule has 0 N–H and O–H groups in total. The lowest BCUT2D eigenvalue weighted by Crippen LogP contribution is -2.34. The molecule has 18 heavy (non-hydrogen) atoms. The fraction of sp³-hybridized carbons (Fsp3) is 0.529. The van der Waals surface area contributed by atoms with E-state index >= 15 is 0 Å². The maximum atomic E-state index is 2.62. The molecule has 1 heteroatoms. The zero-order valence-electron chi connectivity index (χ0n) is 11.4. The summed E-state index contributed by atoms with van der Waals surface area (Å²) in [6, 6.07) is 8.95. The molecule has 1 aliphatic carbocycles. The molecule has 0 amide bonds. The Bertz CT molecular complexity index is 439. The Morgan fingerprint density at radius 1 is 1.17 bits per heavy atom. The molecule has 0 bridgehead atoms. The van der Waals surface area contributed by atoms with Gasteiger partial charge in [0, 0.05) is 0 Å². The molecule has 1 saturated heterocycles. The SMILES string of the molecule is CCCN1CCC(C2=CCc3ccccc32)CC1. The van der Waals surface area contributed by atoms with Gasteiger partial charge in [0.05, 0.1) is 0 Å². The minimum absolute atomic E-state index is 0.807. The van der Waals surface area contributed by atoms with Gasteiger partial charge in [0.1, 0.15) is 0 Å². The average Bonchev–Trinajstić information content (AvgIpc) is 2.84. The third-order valence-corrected chi connectivity index (χ3v) is 4.44. The van der Waals surface area contributed by atoms with E-state index in [0.717, 1.165) is 12.3 Å². The zero-order valence-corrected chi connectivity index (χ0v) is 11.4. The van der Waals surface area contributed by atoms with Crippen molar-refractivity contribution in [1.82, 2.24) is 4.90 Å². The van der Waals surface area contributed by atoms with E-state index in [-0.39, 0.29) is 0 Å². The molecule has 0 saturated carbocycles. The lowest BCUT2D eigenvalue weighted by Gasteiger charge is -2.32. The number of piperidine rings is 1. The lowest BCUT2D eigenvalue weighted by atomic mass is 9.86. The topological polar surface area (TPSA) is 3.24 Å². The van der Waals surface area contributed by atoms with E-state index in [1.54, 1.807) is 5.57 Å². The average molecular weight is 241 g/mol. The Labute approximate surface area is 111 Å². The van der Waals surface area contributed by atoms with Crippen LogP contribution in [0.1, 0.15) is 37.3 Å². The van der Waals surface area contributed by atoms with E-state index in [1.165, 1.54) is 50.0 Å². The molecular weight excluding hydrogens is 218 g/mol. The summed E-state index contributed by atoms with van der Waals surface area (Å²) in [5, 5.41) is 0. The van der Waals surface area contributed by atoms with Crippen LogP contribution < -0.4 is 0 Å². The number of allylic oxidation sites excluding steroid dienone is 2. The Hall–Kier alpha value is -1.08. The van der Waals surface area contributed by atoms with Crippen LogP contribution in [0.25, 0.3) is 5.57 Å². The molecule has 1 nitrogen and oxygen atoms in total. The van der Waals surface area contributed by atoms with Crippen molar-refractivity contribution in [3.05, 3.63) is 41.5 Å². The molecule has 0 aromatic heterocycles. The van der Waals surface area contributed by atoms with E-state index in [9.17, 15) is 0 Å². The second kappa shape index (κ2) is 5.27. The van der Waals surface area contributed by atoms with E-state index in [0.29, 0.717) is 0 Å². The third kappa shape index (κ3) is 2.24. The first kappa shape index (κ1) is 12.0. The number of hydrogen-bond donors (Lipinski definition) is 0. The van der Waals surface area contributed by atoms with Gasteiger partial charge in [0.15, 0.2) is 0 Å². The molecule has 0 radical (unpaired) electrons. The Kier molecular flexibility index (Phi) is 3.51. The van der Waals surface area contributed by atoms with Gasteiger partial charge in [-0.15, -0.1) is 0 Å². The van der Waals surface area contributed by atoms with Gasteiger partial charge >= 0.3 is 0 Å². The molecule has 0 atom stereocenters. The number of nitrogens with zero attached hydrogens (tertiary/aromatic N) is 1. The Balaban J connectivity index is 1.68. The van der Waals surface area contributed by atoms with Crippen molar-refractivity contribution in [3.8, 4) is 0 Å². The van der Waals surface area contributed by atoms with Crippen molar-refractivity contribution >= 4 is 5.57 Å². The normalized spacial score (nSPS) is 20.8. The molecule has 3 rings (SSSR count). The smallest absolute Gasteiger partial charge is 0.00129 e. The lowest BCUT2D eigenvalue weighted by molar-refractivity contribution is 0.207. The van der Waals surface area contributed by atoms with Gasteiger partial charge in [0.2, 0.25) is 0 Å². The summed E-state index contributed by atoms with van der Waals surface area (Å²) in [7, 11) is 0. The molecule has 2 aliphatic rings. The first-order chi connectivity index (χ1) is 8.88. The van der Waals surface area contributed by atoms with Crippen LogP contribution in [0, 0.1) is 5.92 Å². The summed E-state index contributed by atoms with van der Waals surface area (Å²) in [6.45, 7) is 6.14. The largest absolute Gasteiger partial charge is 0.303 e. The van der Waals surface area contributed by atoms with Crippen molar-refractivity contribution in [2.45, 2.75) is 32.6 Å². The number of likely N-dealkylation sites (tertiary alicyclic amines) is 1. The summed E-state index contributed by atoms with van der Waals surface area (Å²) in [6.07, 6.45) is 7.61. The first-order valence-corrected chi connectivity index (χ1v) is 7.39. The molecule has 1 heterocycles. The summed E-state index contributed by atoms with van der Waals surface area (Å²) < 4.78 is 0. The van der Waals surface area contributed by atoms with E-state index in [4.69, 9.17) is 0 Å². The summed E-state index contributed by atoms with van der Waals surface area (Å²) in [5.74, 6) is 0.807. The van der Waals surface area contributed by atoms with Gasteiger partial charge in [-0.2, -0.15) is 0 Å². The van der Waals surface area contributed by atoms with Crippen molar-refractivity contribution in [1.29, 1.82) is 0 Å². The summed E-state index contributed by atoms with van der Waals surface area (Å²) in [5.41, 5.74) is 4.71. The van der Waals surface area contributed by atoms with Crippen LogP contribution >= 0.6 is 0 Å². The highest BCUT2D eigenvalue weighted by Crippen LogP contribution is 2.37. The summed E-state index contributed by atoms with van der Waals surface area (Å²) in [4.78, 5) is 2.62. The molecule has 1 aliphatic heterocycles. The van der Waals surface area contributed by atoms with E-state index in [2.05, 4.69) is 42.2 Å². The standard InChI is InChI=1S/C17H23N/c1-2-11-18-12-9-15(10-13-18)17-8-7-14-5-3-4-6-16(14)17/h3-6,8,15H,2,7,9-13H2,1H3. The zero-order chi connectivity index (χ0) is 12.4. The monoisotopic (exact) mass is 241 g/mol. The van der Waals surface area contributed by atoms with Crippen LogP contribution in [0.3, 0.4) is 0 Å². The predicted octanol–water partition coefficient (Wildman–Crippen LogP) is 3.75. The van der Waals surface area contributed by atoms with Gasteiger partial charge in [-0.05, 0) is 67.9 Å². The third-order valence-electron chi connectivity index (χ3n) is 4.44. The highest BCUT2D eigenvalue weighted by molar-refractivity contribution is 5.74. The number of fused-ring (bicyclic) bond motifs is 1. The quantitative estimate of drug-likeness (QED) is 0.779. The maximum Gasteiger partial charge on any atom is -0.00129 e. The van der Waals surface area contributed by atoms with Crippen LogP contribution in [-0.2, 0) is 6.42 Å². The highest BCUT2D eigenvalue weighted by atomic mass is 15.1. The maximum absolute atomic E-state index is 2.62. The van der Waals surface area contributed by atoms with Crippen LogP contribution in [0.15, 0.2) is 30.3 Å². The Morgan fingerprint density at radius 3 is 2.72 bits per heavy atom. The first-order valence-electron chi connectivity index (χ1n) is 7.39. The van der Waals surface area contributed by atoms with Crippen molar-refractivity contribution in [3.63, 3.8) is 0 Å². The van der Waals surface area contributed by atoms with Gasteiger partial charge in [-0.3, -0.25) is 0 Å². The molecular formula is C17H23N. The summed E-state index contributed by atoms with van der Waals surface area (Å²) >= 11 is 0. The van der Waals surface area contributed by atoms with Gasteiger partial charge in [0.25, 0.3) is 0 Å². The molecule has 1 aromatic carbocycles. The number of benzene rings is 1. The molecule has 0 unspecified atom stereocenters. The predicted molar refractivity (Wildman–Crippen MR) is 77.6 cm³/mol. The Morgan fingerprint density at radius 2 is 1.94 bits per heavy atom. The minimum Gasteiger partial charge on any atom is -0.303 e. The number of rotatable bonds is 3. The van der Waals surface area contributed by atoms with Crippen LogP contribution in [-0.4, -0.2) is 24.5 Å². The van der Waals surface area contributed by atoms with Crippen molar-refractivity contribution in [2.24, 2.45) is 5.92 Å². The highest BCUT2D eigenvalue weighted by Gasteiger charge is 2.25. The molecule has 96 valence electrons. The molecule has 1 fully saturated rings. The van der Waals surface area contributed by atoms with Crippen LogP contribution in [0.4, 0.5) is 0 Å². The van der Waals surface area contributed by atoms with E-state index in [1.807, 2.05) is 0 Å². The van der Waals surface area contributed by atoms with Crippen LogP contribution in [0.2, 0.25) is 0 Å². The molecule has 1 aromatic rings. The van der Waals surface area contributed by atoms with Gasteiger partial charge in [-0.1, -0.05) is 37.3 Å². The van der Waals surface area contributed by atoms with Gasteiger partial charge in [-0.25, -0.2) is 0 Å². The van der Waals surface area contributed by atoms with Crippen LogP contribution in [0.5, 0.6) is 0 Å². The van der Waals surface area contributed by atoms with Gasteiger partial charge < -0.3 is 4.90 Å².